The first kappa shape index (κ1) is 18.7. The molecule has 0 amide bonds. The predicted molar refractivity (Wildman–Crippen MR) is 101 cm³/mol. The zero-order valence-corrected chi connectivity index (χ0v) is 16.4. The number of rotatable bonds is 3. The highest BCUT2D eigenvalue weighted by Gasteiger charge is 2.29. The molecule has 0 aromatic carbocycles. The number of aryl methyl sites for hydroxylation is 1. The molecular formula is C20H29N3O3. The molecule has 0 spiro atoms. The number of nitrogens with zero attached hydrogens (tertiary/aromatic N) is 3. The maximum absolute atomic E-state index is 12.6. The largest absolute Gasteiger partial charge is 0.469 e. The zero-order chi connectivity index (χ0) is 19.1. The molecule has 0 radical (unpaired) electrons. The smallest absolute Gasteiger partial charge is 0.330 e. The number of hydrogen-bond acceptors (Lipinski definition) is 4. The van der Waals surface area contributed by atoms with Crippen molar-refractivity contribution in [3.8, 4) is 0 Å². The summed E-state index contributed by atoms with van der Waals surface area (Å²) in [6.45, 7) is 7.04. The maximum Gasteiger partial charge on any atom is 0.330 e. The van der Waals surface area contributed by atoms with Crippen LogP contribution in [-0.2, 0) is 23.1 Å². The standard InChI is InChI=1S/C20H29N3O3/c1-20(2,3)12-23-16-11-10-15(21-17(16)22(4)19(23)25)13-6-8-14(9-7-13)18(24)26-5/h10-11,13-14H,6-9,12H2,1-5H3. The first-order chi connectivity index (χ1) is 12.2. The van der Waals surface area contributed by atoms with Crippen LogP contribution in [0.3, 0.4) is 0 Å². The highest BCUT2D eigenvalue weighted by atomic mass is 16.5. The fourth-order valence-corrected chi connectivity index (χ4v) is 3.93. The van der Waals surface area contributed by atoms with E-state index in [1.54, 1.807) is 11.6 Å². The molecule has 1 aliphatic carbocycles. The molecule has 6 nitrogen and oxygen atoms in total. The summed E-state index contributed by atoms with van der Waals surface area (Å²) in [6, 6.07) is 4.07. The van der Waals surface area contributed by atoms with Gasteiger partial charge in [0.2, 0.25) is 0 Å². The van der Waals surface area contributed by atoms with Crippen molar-refractivity contribution in [1.29, 1.82) is 0 Å². The molecule has 1 saturated carbocycles. The Balaban J connectivity index is 1.88. The average molecular weight is 359 g/mol. The van der Waals surface area contributed by atoms with Gasteiger partial charge in [0.15, 0.2) is 5.65 Å². The van der Waals surface area contributed by atoms with Gasteiger partial charge >= 0.3 is 11.7 Å². The topological polar surface area (TPSA) is 66.1 Å². The summed E-state index contributed by atoms with van der Waals surface area (Å²) >= 11 is 0. The van der Waals surface area contributed by atoms with E-state index in [-0.39, 0.29) is 23.0 Å². The molecule has 0 saturated heterocycles. The van der Waals surface area contributed by atoms with E-state index in [0.29, 0.717) is 12.5 Å². The van der Waals surface area contributed by atoms with Crippen molar-refractivity contribution in [2.75, 3.05) is 7.11 Å². The molecule has 142 valence electrons. The minimum Gasteiger partial charge on any atom is -0.469 e. The number of esters is 1. The lowest BCUT2D eigenvalue weighted by molar-refractivity contribution is -0.146. The Morgan fingerprint density at radius 2 is 1.88 bits per heavy atom. The number of imidazole rings is 1. The van der Waals surface area contributed by atoms with Crippen LogP contribution >= 0.6 is 0 Å². The normalized spacial score (nSPS) is 21.1. The molecule has 3 rings (SSSR count). The van der Waals surface area contributed by atoms with Gasteiger partial charge in [-0.3, -0.25) is 13.9 Å². The summed E-state index contributed by atoms with van der Waals surface area (Å²) in [7, 11) is 3.24. The van der Waals surface area contributed by atoms with Crippen molar-refractivity contribution in [2.24, 2.45) is 18.4 Å². The van der Waals surface area contributed by atoms with E-state index in [9.17, 15) is 9.59 Å². The summed E-state index contributed by atoms with van der Waals surface area (Å²) in [4.78, 5) is 29.2. The minimum absolute atomic E-state index is 0.0113. The summed E-state index contributed by atoms with van der Waals surface area (Å²) in [5.41, 5.74) is 2.65. The second-order valence-electron chi connectivity index (χ2n) is 8.64. The number of carbonyl (C=O) groups excluding carboxylic acids is 1. The molecule has 0 N–H and O–H groups in total. The maximum atomic E-state index is 12.6. The van der Waals surface area contributed by atoms with Gasteiger partial charge in [0.1, 0.15) is 0 Å². The predicted octanol–water partition coefficient (Wildman–Crippen LogP) is 3.23. The number of hydrogen-bond donors (Lipinski definition) is 0. The third-order valence-electron chi connectivity index (χ3n) is 5.31. The molecule has 0 unspecified atom stereocenters. The number of pyridine rings is 1. The van der Waals surface area contributed by atoms with E-state index in [4.69, 9.17) is 9.72 Å². The average Bonchev–Trinajstić information content (AvgIpc) is 2.84. The van der Waals surface area contributed by atoms with E-state index in [2.05, 4.69) is 20.8 Å². The Morgan fingerprint density at radius 3 is 2.46 bits per heavy atom. The van der Waals surface area contributed by atoms with Crippen LogP contribution in [0.25, 0.3) is 11.2 Å². The van der Waals surface area contributed by atoms with Crippen LogP contribution in [0.5, 0.6) is 0 Å². The third-order valence-corrected chi connectivity index (χ3v) is 5.31. The SMILES string of the molecule is COC(=O)C1CCC(c2ccc3c(n2)n(C)c(=O)n3CC(C)(C)C)CC1. The molecule has 0 atom stereocenters. The molecule has 2 aromatic rings. The molecule has 2 heterocycles. The lowest BCUT2D eigenvalue weighted by Crippen LogP contribution is -2.27. The van der Waals surface area contributed by atoms with E-state index in [1.807, 2.05) is 16.7 Å². The molecule has 1 aliphatic rings. The van der Waals surface area contributed by atoms with Gasteiger partial charge < -0.3 is 4.74 Å². The van der Waals surface area contributed by atoms with Gasteiger partial charge in [-0.15, -0.1) is 0 Å². The number of aromatic nitrogens is 3. The van der Waals surface area contributed by atoms with Crippen molar-refractivity contribution in [3.63, 3.8) is 0 Å². The molecule has 1 fully saturated rings. The Kier molecular flexibility index (Phi) is 4.95. The first-order valence-corrected chi connectivity index (χ1v) is 9.35. The van der Waals surface area contributed by atoms with Gasteiger partial charge in [-0.1, -0.05) is 20.8 Å². The highest BCUT2D eigenvalue weighted by Crippen LogP contribution is 2.36. The Hall–Kier alpha value is -2.11. The summed E-state index contributed by atoms with van der Waals surface area (Å²) in [5.74, 6) is 0.243. The van der Waals surface area contributed by atoms with Crippen molar-refractivity contribution in [2.45, 2.75) is 58.9 Å². The van der Waals surface area contributed by atoms with Crippen LogP contribution in [0.4, 0.5) is 0 Å². The lowest BCUT2D eigenvalue weighted by atomic mass is 9.80. The summed E-state index contributed by atoms with van der Waals surface area (Å²) in [5, 5.41) is 0. The summed E-state index contributed by atoms with van der Waals surface area (Å²) in [6.07, 6.45) is 3.52. The first-order valence-electron chi connectivity index (χ1n) is 9.35. The van der Waals surface area contributed by atoms with Crippen LogP contribution in [0.1, 0.15) is 58.1 Å². The van der Waals surface area contributed by atoms with Crippen molar-refractivity contribution < 1.29 is 9.53 Å². The molecule has 26 heavy (non-hydrogen) atoms. The van der Waals surface area contributed by atoms with Crippen LogP contribution in [0.2, 0.25) is 0 Å². The second kappa shape index (κ2) is 6.89. The Morgan fingerprint density at radius 1 is 1.23 bits per heavy atom. The quantitative estimate of drug-likeness (QED) is 0.789. The monoisotopic (exact) mass is 359 g/mol. The fraction of sp³-hybridized carbons (Fsp3) is 0.650. The zero-order valence-electron chi connectivity index (χ0n) is 16.4. The van der Waals surface area contributed by atoms with Gasteiger partial charge in [-0.2, -0.15) is 0 Å². The number of carbonyl (C=O) groups is 1. The lowest BCUT2D eigenvalue weighted by Gasteiger charge is -2.26. The number of methoxy groups -OCH3 is 1. The van der Waals surface area contributed by atoms with Gasteiger partial charge in [0, 0.05) is 25.2 Å². The van der Waals surface area contributed by atoms with Crippen LogP contribution < -0.4 is 5.69 Å². The fourth-order valence-electron chi connectivity index (χ4n) is 3.93. The highest BCUT2D eigenvalue weighted by molar-refractivity contribution is 5.73. The van der Waals surface area contributed by atoms with Crippen LogP contribution in [0, 0.1) is 11.3 Å². The van der Waals surface area contributed by atoms with Crippen molar-refractivity contribution in [1.82, 2.24) is 14.1 Å². The van der Waals surface area contributed by atoms with Gasteiger partial charge in [-0.05, 0) is 43.2 Å². The van der Waals surface area contributed by atoms with Crippen molar-refractivity contribution in [3.05, 3.63) is 28.3 Å². The summed E-state index contributed by atoms with van der Waals surface area (Å²) < 4.78 is 8.33. The van der Waals surface area contributed by atoms with Crippen LogP contribution in [0.15, 0.2) is 16.9 Å². The molecule has 6 heteroatoms. The van der Waals surface area contributed by atoms with Gasteiger partial charge in [0.25, 0.3) is 0 Å². The molecular weight excluding hydrogens is 330 g/mol. The number of ether oxygens (including phenoxy) is 1. The Bertz CT molecular complexity index is 865. The van der Waals surface area contributed by atoms with E-state index < -0.39 is 0 Å². The Labute approximate surface area is 154 Å². The third kappa shape index (κ3) is 3.55. The van der Waals surface area contributed by atoms with Gasteiger partial charge in [-0.25, -0.2) is 9.78 Å². The van der Waals surface area contributed by atoms with Gasteiger partial charge in [0.05, 0.1) is 18.5 Å². The number of fused-ring (bicyclic) bond motifs is 1. The van der Waals surface area contributed by atoms with E-state index in [0.717, 1.165) is 42.5 Å². The minimum atomic E-state index is -0.103. The van der Waals surface area contributed by atoms with E-state index in [1.165, 1.54) is 7.11 Å². The molecule has 0 bridgehead atoms. The van der Waals surface area contributed by atoms with Crippen molar-refractivity contribution >= 4 is 17.1 Å². The second-order valence-corrected chi connectivity index (χ2v) is 8.64. The molecule has 2 aromatic heterocycles. The van der Waals surface area contributed by atoms with E-state index >= 15 is 0 Å². The van der Waals surface area contributed by atoms with Crippen LogP contribution in [-0.4, -0.2) is 27.2 Å². The molecule has 0 aliphatic heterocycles.